The lowest BCUT2D eigenvalue weighted by molar-refractivity contribution is 0.409. The van der Waals surface area contributed by atoms with E-state index in [1.165, 1.54) is 23.8 Å². The van der Waals surface area contributed by atoms with E-state index in [-0.39, 0.29) is 12.4 Å². The average molecular weight is 368 g/mol. The van der Waals surface area contributed by atoms with Crippen LogP contribution < -0.4 is 15.4 Å². The van der Waals surface area contributed by atoms with Crippen molar-refractivity contribution in [3.05, 3.63) is 64.5 Å². The highest BCUT2D eigenvalue weighted by atomic mass is 19.1. The summed E-state index contributed by atoms with van der Waals surface area (Å²) in [6.07, 6.45) is 0.771. The minimum absolute atomic E-state index is 0.157. The van der Waals surface area contributed by atoms with Crippen LogP contribution in [0.2, 0.25) is 0 Å². The molecule has 0 aromatic heterocycles. The van der Waals surface area contributed by atoms with Crippen LogP contribution in [0.25, 0.3) is 0 Å². The number of aryl methyl sites for hydroxylation is 1. The molecule has 2 rings (SSSR count). The third kappa shape index (κ3) is 6.00. The maximum atomic E-state index is 13.9. The van der Waals surface area contributed by atoms with Gasteiger partial charge in [-0.3, -0.25) is 0 Å². The van der Waals surface area contributed by atoms with E-state index in [1.54, 1.807) is 7.11 Å². The molecule has 0 spiro atoms. The van der Waals surface area contributed by atoms with Crippen LogP contribution >= 0.6 is 0 Å². The summed E-state index contributed by atoms with van der Waals surface area (Å²) in [5.74, 6) is 1.10. The topological polar surface area (TPSA) is 69.4 Å². The molecule has 0 saturated heterocycles. The Hall–Kier alpha value is -3.07. The molecule has 0 unspecified atom stereocenters. The number of nitriles is 1. The fourth-order valence-corrected chi connectivity index (χ4v) is 2.69. The van der Waals surface area contributed by atoms with Crippen LogP contribution in [0.15, 0.2) is 41.4 Å². The third-order valence-corrected chi connectivity index (χ3v) is 4.05. The smallest absolute Gasteiger partial charge is 0.191 e. The Kier molecular flexibility index (Phi) is 7.63. The van der Waals surface area contributed by atoms with Crippen LogP contribution in [0.1, 0.15) is 29.2 Å². The molecule has 0 saturated carbocycles. The van der Waals surface area contributed by atoms with Gasteiger partial charge in [-0.25, -0.2) is 9.38 Å². The largest absolute Gasteiger partial charge is 0.496 e. The van der Waals surface area contributed by atoms with Gasteiger partial charge >= 0.3 is 0 Å². The van der Waals surface area contributed by atoms with Gasteiger partial charge < -0.3 is 15.4 Å². The lowest BCUT2D eigenvalue weighted by Gasteiger charge is -2.13. The molecule has 0 fully saturated rings. The van der Waals surface area contributed by atoms with Crippen molar-refractivity contribution in [2.24, 2.45) is 4.99 Å². The first-order chi connectivity index (χ1) is 13.1. The zero-order valence-electron chi connectivity index (χ0n) is 16.0. The summed E-state index contributed by atoms with van der Waals surface area (Å²) in [5.41, 5.74) is 3.12. The number of methoxy groups -OCH3 is 1. The van der Waals surface area contributed by atoms with Gasteiger partial charge in [-0.2, -0.15) is 5.26 Å². The molecular weight excluding hydrogens is 343 g/mol. The molecule has 2 N–H and O–H groups in total. The fourth-order valence-electron chi connectivity index (χ4n) is 2.69. The van der Waals surface area contributed by atoms with Crippen molar-refractivity contribution in [1.82, 2.24) is 10.6 Å². The molecule has 2 aromatic rings. The molecule has 0 heterocycles. The van der Waals surface area contributed by atoms with Gasteiger partial charge in [0.1, 0.15) is 11.6 Å². The summed E-state index contributed by atoms with van der Waals surface area (Å²) >= 11 is 0. The summed E-state index contributed by atoms with van der Waals surface area (Å²) < 4.78 is 19.3. The SMILES string of the molecule is CCNC(=NCc1cc(C#N)ccc1F)NCCc1cc(C)ccc1OC. The number of benzene rings is 2. The molecule has 2 aromatic carbocycles. The molecule has 0 aliphatic rings. The molecule has 27 heavy (non-hydrogen) atoms. The van der Waals surface area contributed by atoms with Gasteiger partial charge in [-0.05, 0) is 50.1 Å². The highest BCUT2D eigenvalue weighted by molar-refractivity contribution is 5.79. The van der Waals surface area contributed by atoms with Crippen molar-refractivity contribution in [2.45, 2.75) is 26.8 Å². The first kappa shape index (κ1) is 20.2. The third-order valence-electron chi connectivity index (χ3n) is 4.05. The van der Waals surface area contributed by atoms with Crippen LogP contribution in [0.4, 0.5) is 4.39 Å². The number of hydrogen-bond acceptors (Lipinski definition) is 3. The molecule has 142 valence electrons. The molecule has 0 aliphatic heterocycles. The van der Waals surface area contributed by atoms with Crippen molar-refractivity contribution in [2.75, 3.05) is 20.2 Å². The Labute approximate surface area is 159 Å². The molecule has 0 bridgehead atoms. The highest BCUT2D eigenvalue weighted by Crippen LogP contribution is 2.19. The second kappa shape index (κ2) is 10.2. The summed E-state index contributed by atoms with van der Waals surface area (Å²) in [7, 11) is 1.66. The van der Waals surface area contributed by atoms with Gasteiger partial charge in [0.05, 0.1) is 25.3 Å². The van der Waals surface area contributed by atoms with E-state index in [0.29, 0.717) is 30.2 Å². The molecule has 0 radical (unpaired) electrons. The number of rotatable bonds is 7. The van der Waals surface area contributed by atoms with Gasteiger partial charge in [0.15, 0.2) is 5.96 Å². The maximum absolute atomic E-state index is 13.9. The second-order valence-electron chi connectivity index (χ2n) is 6.11. The molecule has 5 nitrogen and oxygen atoms in total. The summed E-state index contributed by atoms with van der Waals surface area (Å²) in [6.45, 7) is 5.53. The van der Waals surface area contributed by atoms with Gasteiger partial charge in [-0.1, -0.05) is 17.7 Å². The van der Waals surface area contributed by atoms with E-state index >= 15 is 0 Å². The van der Waals surface area contributed by atoms with E-state index in [2.05, 4.69) is 21.7 Å². The van der Waals surface area contributed by atoms with Crippen LogP contribution in [0.3, 0.4) is 0 Å². The van der Waals surface area contributed by atoms with Crippen LogP contribution in [-0.4, -0.2) is 26.2 Å². The lowest BCUT2D eigenvalue weighted by Crippen LogP contribution is -2.38. The number of guanidine groups is 1. The standard InChI is InChI=1S/C21H25FN4O/c1-4-24-21(26-14-18-12-16(13-23)6-7-19(18)22)25-10-9-17-11-15(2)5-8-20(17)27-3/h5-8,11-12H,4,9-10,14H2,1-3H3,(H2,24,25,26). The lowest BCUT2D eigenvalue weighted by atomic mass is 10.1. The minimum Gasteiger partial charge on any atom is -0.496 e. The van der Waals surface area contributed by atoms with Gasteiger partial charge in [0, 0.05) is 18.7 Å². The number of halogens is 1. The zero-order chi connectivity index (χ0) is 19.6. The molecule has 0 amide bonds. The summed E-state index contributed by atoms with van der Waals surface area (Å²) in [5, 5.41) is 15.4. The molecule has 6 heteroatoms. The Morgan fingerprint density at radius 2 is 2.00 bits per heavy atom. The van der Waals surface area contributed by atoms with Crippen LogP contribution in [-0.2, 0) is 13.0 Å². The first-order valence-corrected chi connectivity index (χ1v) is 8.91. The predicted molar refractivity (Wildman–Crippen MR) is 105 cm³/mol. The van der Waals surface area contributed by atoms with Crippen LogP contribution in [0.5, 0.6) is 5.75 Å². The number of aliphatic imine (C=N–C) groups is 1. The van der Waals surface area contributed by atoms with Crippen LogP contribution in [0, 0.1) is 24.1 Å². The number of hydrogen-bond donors (Lipinski definition) is 2. The quantitative estimate of drug-likeness (QED) is 0.581. The van der Waals surface area contributed by atoms with E-state index < -0.39 is 0 Å². The monoisotopic (exact) mass is 368 g/mol. The van der Waals surface area contributed by atoms with Gasteiger partial charge in [0.2, 0.25) is 0 Å². The molecule has 0 aliphatic carbocycles. The van der Waals surface area contributed by atoms with Gasteiger partial charge in [-0.15, -0.1) is 0 Å². The normalized spacial score (nSPS) is 11.0. The zero-order valence-corrected chi connectivity index (χ0v) is 16.0. The van der Waals surface area contributed by atoms with Crippen molar-refractivity contribution < 1.29 is 9.13 Å². The average Bonchev–Trinajstić information content (AvgIpc) is 2.67. The van der Waals surface area contributed by atoms with E-state index in [4.69, 9.17) is 10.00 Å². The number of ether oxygens (including phenoxy) is 1. The number of nitrogens with zero attached hydrogens (tertiary/aromatic N) is 2. The summed E-state index contributed by atoms with van der Waals surface area (Å²) in [6, 6.07) is 12.4. The number of nitrogens with one attached hydrogen (secondary N) is 2. The first-order valence-electron chi connectivity index (χ1n) is 8.91. The Balaban J connectivity index is 2.02. The van der Waals surface area contributed by atoms with Crippen molar-refractivity contribution in [3.63, 3.8) is 0 Å². The van der Waals surface area contributed by atoms with Gasteiger partial charge in [0.25, 0.3) is 0 Å². The van der Waals surface area contributed by atoms with E-state index in [0.717, 1.165) is 17.7 Å². The Bertz CT molecular complexity index is 843. The molecular formula is C21H25FN4O. The Morgan fingerprint density at radius 1 is 1.19 bits per heavy atom. The summed E-state index contributed by atoms with van der Waals surface area (Å²) in [4.78, 5) is 4.43. The second-order valence-corrected chi connectivity index (χ2v) is 6.11. The highest BCUT2D eigenvalue weighted by Gasteiger charge is 2.06. The van der Waals surface area contributed by atoms with E-state index in [9.17, 15) is 4.39 Å². The maximum Gasteiger partial charge on any atom is 0.191 e. The van der Waals surface area contributed by atoms with Crippen molar-refractivity contribution in [3.8, 4) is 11.8 Å². The minimum atomic E-state index is -0.363. The van der Waals surface area contributed by atoms with E-state index in [1.807, 2.05) is 32.0 Å². The Morgan fingerprint density at radius 3 is 2.70 bits per heavy atom. The fraction of sp³-hybridized carbons (Fsp3) is 0.333. The van der Waals surface area contributed by atoms with Crippen molar-refractivity contribution >= 4 is 5.96 Å². The van der Waals surface area contributed by atoms with Crippen molar-refractivity contribution in [1.29, 1.82) is 5.26 Å². The predicted octanol–water partition coefficient (Wildman–Crippen LogP) is 3.31. The molecule has 0 atom stereocenters.